The van der Waals surface area contributed by atoms with Crippen LogP contribution < -0.4 is 15.6 Å². The van der Waals surface area contributed by atoms with Crippen LogP contribution in [-0.2, 0) is 9.53 Å². The van der Waals surface area contributed by atoms with Crippen LogP contribution in [0.3, 0.4) is 0 Å². The zero-order chi connectivity index (χ0) is 21.0. The molecule has 1 unspecified atom stereocenters. The minimum Gasteiger partial charge on any atom is -0.494 e. The summed E-state index contributed by atoms with van der Waals surface area (Å²) < 4.78 is 10.8. The second kappa shape index (κ2) is 9.17. The third-order valence-corrected chi connectivity index (χ3v) is 5.28. The summed E-state index contributed by atoms with van der Waals surface area (Å²) in [6.07, 6.45) is 0. The fourth-order valence-corrected chi connectivity index (χ4v) is 3.97. The third-order valence-electron chi connectivity index (χ3n) is 4.52. The Balaban J connectivity index is 2.17. The van der Waals surface area contributed by atoms with Crippen LogP contribution in [0.25, 0.3) is 0 Å². The first-order valence-corrected chi connectivity index (χ1v) is 10.6. The number of nitrogens with one attached hydrogen (secondary N) is 2. The van der Waals surface area contributed by atoms with Gasteiger partial charge in [-0.25, -0.2) is 9.78 Å². The van der Waals surface area contributed by atoms with E-state index in [1.54, 1.807) is 13.8 Å². The number of ether oxygens (including phenoxy) is 2. The van der Waals surface area contributed by atoms with Crippen molar-refractivity contribution in [3.63, 3.8) is 0 Å². The molecule has 0 bridgehead atoms. The Morgan fingerprint density at radius 1 is 1.17 bits per heavy atom. The van der Waals surface area contributed by atoms with Crippen molar-refractivity contribution in [1.29, 1.82) is 0 Å². The molecule has 2 aromatic rings. The van der Waals surface area contributed by atoms with Crippen LogP contribution in [0.1, 0.15) is 44.7 Å². The van der Waals surface area contributed by atoms with Gasteiger partial charge in [-0.15, -0.1) is 0 Å². The van der Waals surface area contributed by atoms with Crippen molar-refractivity contribution in [1.82, 2.24) is 9.97 Å². The van der Waals surface area contributed by atoms with Gasteiger partial charge in [0, 0.05) is 5.70 Å². The first-order chi connectivity index (χ1) is 14.0. The maximum absolute atomic E-state index is 13.0. The van der Waals surface area contributed by atoms with Gasteiger partial charge in [0.15, 0.2) is 5.16 Å². The van der Waals surface area contributed by atoms with Crippen LogP contribution in [0.2, 0.25) is 0 Å². The molecule has 1 aromatic heterocycles. The Hall–Kier alpha value is -2.74. The molecule has 0 saturated carbocycles. The number of carbonyl (C=O) groups excluding carboxylic acids is 1. The topological polar surface area (TPSA) is 93.3 Å². The Labute approximate surface area is 173 Å². The number of fused-ring (bicyclic) bond motifs is 1. The SMILES string of the molecule is CCOC(=O)C1=C(C)Nc2nc(SCC)[nH]c(=O)c2C1c1ccc(OCC)cc1. The van der Waals surface area contributed by atoms with E-state index >= 15 is 0 Å². The van der Waals surface area contributed by atoms with Gasteiger partial charge in [-0.05, 0) is 44.2 Å². The van der Waals surface area contributed by atoms with Crippen molar-refractivity contribution in [2.45, 2.75) is 38.8 Å². The number of esters is 1. The molecule has 1 aromatic carbocycles. The first kappa shape index (κ1) is 21.0. The largest absolute Gasteiger partial charge is 0.494 e. The van der Waals surface area contributed by atoms with E-state index in [1.165, 1.54) is 11.8 Å². The summed E-state index contributed by atoms with van der Waals surface area (Å²) in [6.45, 7) is 8.27. The number of rotatable bonds is 7. The number of aromatic nitrogens is 2. The second-order valence-electron chi connectivity index (χ2n) is 6.39. The maximum atomic E-state index is 13.0. The minimum atomic E-state index is -0.585. The normalized spacial score (nSPS) is 15.5. The smallest absolute Gasteiger partial charge is 0.336 e. The molecule has 7 nitrogen and oxygen atoms in total. The molecule has 1 atom stereocenters. The van der Waals surface area contributed by atoms with Crippen molar-refractivity contribution in [3.05, 3.63) is 57.0 Å². The van der Waals surface area contributed by atoms with Crippen LogP contribution in [0.15, 0.2) is 45.5 Å². The highest BCUT2D eigenvalue weighted by molar-refractivity contribution is 7.99. The Morgan fingerprint density at radius 2 is 1.90 bits per heavy atom. The monoisotopic (exact) mass is 415 g/mol. The van der Waals surface area contributed by atoms with Gasteiger partial charge in [-0.3, -0.25) is 4.79 Å². The van der Waals surface area contributed by atoms with E-state index in [1.807, 2.05) is 38.1 Å². The highest BCUT2D eigenvalue weighted by Crippen LogP contribution is 2.40. The molecule has 0 aliphatic carbocycles. The van der Waals surface area contributed by atoms with Crippen LogP contribution >= 0.6 is 11.8 Å². The Morgan fingerprint density at radius 3 is 2.52 bits per heavy atom. The van der Waals surface area contributed by atoms with Gasteiger partial charge < -0.3 is 19.8 Å². The molecule has 1 aliphatic heterocycles. The maximum Gasteiger partial charge on any atom is 0.336 e. The third kappa shape index (κ3) is 4.32. The Bertz CT molecular complexity index is 982. The summed E-state index contributed by atoms with van der Waals surface area (Å²) in [6, 6.07) is 7.40. The molecule has 1 aliphatic rings. The summed E-state index contributed by atoms with van der Waals surface area (Å²) in [7, 11) is 0. The molecule has 3 rings (SSSR count). The second-order valence-corrected chi connectivity index (χ2v) is 7.64. The lowest BCUT2D eigenvalue weighted by atomic mass is 9.82. The molecule has 0 radical (unpaired) electrons. The number of thioether (sulfide) groups is 1. The van der Waals surface area contributed by atoms with Crippen LogP contribution in [-0.4, -0.2) is 34.9 Å². The highest BCUT2D eigenvalue weighted by Gasteiger charge is 2.36. The quantitative estimate of drug-likeness (QED) is 0.405. The summed E-state index contributed by atoms with van der Waals surface area (Å²) in [5.41, 5.74) is 1.96. The highest BCUT2D eigenvalue weighted by atomic mass is 32.2. The van der Waals surface area contributed by atoms with E-state index in [9.17, 15) is 9.59 Å². The fourth-order valence-electron chi connectivity index (χ4n) is 3.37. The molecule has 2 N–H and O–H groups in total. The number of allylic oxidation sites excluding steroid dienone is 1. The van der Waals surface area contributed by atoms with E-state index in [0.717, 1.165) is 17.1 Å². The van der Waals surface area contributed by atoms with Crippen LogP contribution in [0.4, 0.5) is 5.82 Å². The molecule has 0 fully saturated rings. The van der Waals surface area contributed by atoms with E-state index in [4.69, 9.17) is 9.47 Å². The van der Waals surface area contributed by atoms with Gasteiger partial charge in [-0.1, -0.05) is 30.8 Å². The summed E-state index contributed by atoms with van der Waals surface area (Å²) >= 11 is 1.45. The van der Waals surface area contributed by atoms with Crippen molar-refractivity contribution >= 4 is 23.5 Å². The van der Waals surface area contributed by atoms with Gasteiger partial charge in [-0.2, -0.15) is 0 Å². The van der Waals surface area contributed by atoms with Gasteiger partial charge in [0.25, 0.3) is 5.56 Å². The molecule has 0 saturated heterocycles. The average molecular weight is 416 g/mol. The number of benzene rings is 1. The lowest BCUT2D eigenvalue weighted by Crippen LogP contribution is -2.31. The predicted molar refractivity (Wildman–Crippen MR) is 114 cm³/mol. The molecular weight excluding hydrogens is 390 g/mol. The van der Waals surface area contributed by atoms with Crippen molar-refractivity contribution in [3.8, 4) is 5.75 Å². The summed E-state index contributed by atoms with van der Waals surface area (Å²) in [5, 5.41) is 3.67. The number of hydrogen-bond donors (Lipinski definition) is 2. The molecule has 2 heterocycles. The number of aromatic amines is 1. The number of hydrogen-bond acceptors (Lipinski definition) is 7. The van der Waals surface area contributed by atoms with Crippen molar-refractivity contribution in [2.24, 2.45) is 0 Å². The molecule has 154 valence electrons. The predicted octanol–water partition coefficient (Wildman–Crippen LogP) is 3.68. The average Bonchev–Trinajstić information content (AvgIpc) is 2.68. The van der Waals surface area contributed by atoms with E-state index in [-0.39, 0.29) is 12.2 Å². The lowest BCUT2D eigenvalue weighted by Gasteiger charge is -2.28. The fraction of sp³-hybridized carbons (Fsp3) is 0.381. The number of nitrogens with zero attached hydrogens (tertiary/aromatic N) is 1. The number of carbonyl (C=O) groups is 1. The molecule has 0 spiro atoms. The minimum absolute atomic E-state index is 0.249. The molecule has 0 amide bonds. The summed E-state index contributed by atoms with van der Waals surface area (Å²) in [4.78, 5) is 33.2. The zero-order valence-electron chi connectivity index (χ0n) is 17.0. The van der Waals surface area contributed by atoms with Gasteiger partial charge >= 0.3 is 5.97 Å². The number of anilines is 1. The van der Waals surface area contributed by atoms with E-state index < -0.39 is 11.9 Å². The molecule has 29 heavy (non-hydrogen) atoms. The molecule has 8 heteroatoms. The zero-order valence-corrected chi connectivity index (χ0v) is 17.8. The van der Waals surface area contributed by atoms with Gasteiger partial charge in [0.2, 0.25) is 0 Å². The first-order valence-electron chi connectivity index (χ1n) is 9.64. The molecular formula is C21H25N3O4S. The summed E-state index contributed by atoms with van der Waals surface area (Å²) in [5.74, 6) is 0.943. The van der Waals surface area contributed by atoms with Gasteiger partial charge in [0.05, 0.1) is 30.3 Å². The number of H-pyrrole nitrogens is 1. The van der Waals surface area contributed by atoms with Crippen LogP contribution in [0.5, 0.6) is 5.75 Å². The van der Waals surface area contributed by atoms with E-state index in [2.05, 4.69) is 15.3 Å². The van der Waals surface area contributed by atoms with Crippen molar-refractivity contribution in [2.75, 3.05) is 24.3 Å². The Kier molecular flexibility index (Phi) is 6.64. The standard InChI is InChI=1S/C21H25N3O4S/c1-5-27-14-10-8-13(9-11-14)16-15(20(26)28-6-2)12(4)22-18-17(16)19(25)24-21(23-18)29-7-3/h8-11,16H,5-7H2,1-4H3,(H2,22,23,24,25). The van der Waals surface area contributed by atoms with E-state index in [0.29, 0.717) is 34.4 Å². The van der Waals surface area contributed by atoms with Gasteiger partial charge in [0.1, 0.15) is 11.6 Å². The van der Waals surface area contributed by atoms with Crippen LogP contribution in [0, 0.1) is 0 Å². The van der Waals surface area contributed by atoms with Crippen molar-refractivity contribution < 1.29 is 14.3 Å². The lowest BCUT2D eigenvalue weighted by molar-refractivity contribution is -0.138.